The van der Waals surface area contributed by atoms with Crippen LogP contribution in [0.3, 0.4) is 0 Å². The number of H-pyrrole nitrogens is 1. The van der Waals surface area contributed by atoms with Gasteiger partial charge in [-0.25, -0.2) is 13.8 Å². The number of aromatic amines is 1. The number of rotatable bonds is 4. The number of hydrogen-bond donors (Lipinski definition) is 3. The van der Waals surface area contributed by atoms with Crippen molar-refractivity contribution in [1.82, 2.24) is 20.2 Å². The molecule has 1 fully saturated rings. The summed E-state index contributed by atoms with van der Waals surface area (Å²) in [6.45, 7) is 6.32. The summed E-state index contributed by atoms with van der Waals surface area (Å²) in [4.78, 5) is 21.0. The molecular formula is C24H28F2N4O2. The molecule has 3 atom stereocenters. The van der Waals surface area contributed by atoms with Crippen molar-refractivity contribution in [2.45, 2.75) is 26.4 Å². The second kappa shape index (κ2) is 8.26. The van der Waals surface area contributed by atoms with E-state index >= 15 is 4.39 Å². The van der Waals surface area contributed by atoms with Gasteiger partial charge in [-0.1, -0.05) is 19.9 Å². The number of amides is 1. The monoisotopic (exact) mass is 442 g/mol. The molecule has 2 aromatic heterocycles. The third-order valence-electron chi connectivity index (χ3n) is 6.70. The zero-order chi connectivity index (χ0) is 23.2. The van der Waals surface area contributed by atoms with Crippen molar-refractivity contribution < 1.29 is 18.7 Å². The van der Waals surface area contributed by atoms with E-state index in [-0.39, 0.29) is 29.9 Å². The van der Waals surface area contributed by atoms with Crippen molar-refractivity contribution in [2.75, 3.05) is 26.7 Å². The highest BCUT2D eigenvalue weighted by Gasteiger charge is 2.48. The van der Waals surface area contributed by atoms with Gasteiger partial charge in [-0.2, -0.15) is 0 Å². The van der Waals surface area contributed by atoms with Crippen LogP contribution in [0.15, 0.2) is 30.6 Å². The quantitative estimate of drug-likeness (QED) is 0.579. The second-order valence-electron chi connectivity index (χ2n) is 8.83. The van der Waals surface area contributed by atoms with E-state index in [0.717, 1.165) is 0 Å². The summed E-state index contributed by atoms with van der Waals surface area (Å²) in [5, 5.41) is 14.9. The minimum absolute atomic E-state index is 0.0453. The summed E-state index contributed by atoms with van der Waals surface area (Å²) in [5.41, 5.74) is 0.819. The number of likely N-dealkylation sites (tertiary alicyclic amines) is 1. The van der Waals surface area contributed by atoms with E-state index in [2.05, 4.69) is 15.3 Å². The molecule has 0 bridgehead atoms. The molecule has 1 aliphatic rings. The average Bonchev–Trinajstić information content (AvgIpc) is 3.12. The standard InChI is InChI=1S/C24H28F2N4O2/c1-13-7-16(17-5-6-28-23-21(17)19(26)9-29-23)8-18(25)22(13)24(32)14(2)11-30(12-15(24)3)20(31)10-27-4/h5-9,14-15,27,32H,10-12H2,1-4H3,(H,28,29)/t14-,15+,24?. The van der Waals surface area contributed by atoms with Crippen LogP contribution in [-0.2, 0) is 10.4 Å². The van der Waals surface area contributed by atoms with Crippen LogP contribution >= 0.6 is 0 Å². The Bertz CT molecular complexity index is 1140. The largest absolute Gasteiger partial charge is 0.384 e. The maximum absolute atomic E-state index is 15.6. The van der Waals surface area contributed by atoms with Crippen LogP contribution in [0, 0.1) is 30.4 Å². The van der Waals surface area contributed by atoms with Crippen LogP contribution in [0.2, 0.25) is 0 Å². The summed E-state index contributed by atoms with van der Waals surface area (Å²) < 4.78 is 30.0. The van der Waals surface area contributed by atoms with Crippen molar-refractivity contribution >= 4 is 16.9 Å². The van der Waals surface area contributed by atoms with Crippen LogP contribution in [0.1, 0.15) is 25.0 Å². The average molecular weight is 443 g/mol. The Kier molecular flexibility index (Phi) is 5.77. The number of nitrogens with one attached hydrogen (secondary N) is 2. The van der Waals surface area contributed by atoms with Crippen molar-refractivity contribution in [3.8, 4) is 11.1 Å². The number of piperidine rings is 1. The normalized spacial score (nSPS) is 23.7. The number of benzene rings is 1. The van der Waals surface area contributed by atoms with Gasteiger partial charge in [0, 0.05) is 42.9 Å². The maximum Gasteiger partial charge on any atom is 0.236 e. The molecule has 3 aromatic rings. The Morgan fingerprint density at radius 1 is 1.28 bits per heavy atom. The van der Waals surface area contributed by atoms with Gasteiger partial charge < -0.3 is 20.3 Å². The Morgan fingerprint density at radius 2 is 1.97 bits per heavy atom. The van der Waals surface area contributed by atoms with E-state index in [1.165, 1.54) is 12.3 Å². The Balaban J connectivity index is 1.75. The van der Waals surface area contributed by atoms with E-state index in [4.69, 9.17) is 0 Å². The molecule has 1 saturated heterocycles. The van der Waals surface area contributed by atoms with Gasteiger partial charge in [0.2, 0.25) is 5.91 Å². The third-order valence-corrected chi connectivity index (χ3v) is 6.70. The molecule has 0 aliphatic carbocycles. The zero-order valence-electron chi connectivity index (χ0n) is 18.7. The van der Waals surface area contributed by atoms with Gasteiger partial charge in [-0.15, -0.1) is 0 Å². The second-order valence-corrected chi connectivity index (χ2v) is 8.83. The van der Waals surface area contributed by atoms with Crippen LogP contribution in [0.4, 0.5) is 8.78 Å². The lowest BCUT2D eigenvalue weighted by Gasteiger charge is -2.48. The first-order valence-electron chi connectivity index (χ1n) is 10.8. The molecule has 0 spiro atoms. The number of carbonyl (C=O) groups excluding carboxylic acids is 1. The minimum Gasteiger partial charge on any atom is -0.384 e. The summed E-state index contributed by atoms with van der Waals surface area (Å²) in [7, 11) is 1.71. The van der Waals surface area contributed by atoms with Gasteiger partial charge in [0.05, 0.1) is 11.9 Å². The number of pyridine rings is 1. The number of likely N-dealkylation sites (N-methyl/N-ethyl adjacent to an activating group) is 1. The number of aliphatic hydroxyl groups is 1. The summed E-state index contributed by atoms with van der Waals surface area (Å²) >= 11 is 0. The van der Waals surface area contributed by atoms with E-state index in [1.54, 1.807) is 37.2 Å². The molecular weight excluding hydrogens is 414 g/mol. The smallest absolute Gasteiger partial charge is 0.236 e. The van der Waals surface area contributed by atoms with Crippen molar-refractivity contribution in [1.29, 1.82) is 0 Å². The molecule has 1 amide bonds. The number of fused-ring (bicyclic) bond motifs is 1. The lowest BCUT2D eigenvalue weighted by atomic mass is 9.69. The summed E-state index contributed by atoms with van der Waals surface area (Å²) in [5.74, 6) is -1.79. The van der Waals surface area contributed by atoms with Gasteiger partial charge in [0.25, 0.3) is 0 Å². The fraction of sp³-hybridized carbons (Fsp3) is 0.417. The predicted molar refractivity (Wildman–Crippen MR) is 119 cm³/mol. The van der Waals surface area contributed by atoms with Gasteiger partial charge in [0.1, 0.15) is 17.1 Å². The molecule has 32 heavy (non-hydrogen) atoms. The summed E-state index contributed by atoms with van der Waals surface area (Å²) in [6.07, 6.45) is 2.78. The number of nitrogens with zero attached hydrogens (tertiary/aromatic N) is 2. The number of hydrogen-bond acceptors (Lipinski definition) is 4. The molecule has 8 heteroatoms. The van der Waals surface area contributed by atoms with Gasteiger partial charge in [0.15, 0.2) is 5.82 Å². The Hall–Kier alpha value is -2.84. The molecule has 0 saturated carbocycles. The fourth-order valence-electron chi connectivity index (χ4n) is 5.12. The topological polar surface area (TPSA) is 81.2 Å². The SMILES string of the molecule is CNCC(=O)N1C[C@@H](C)C(O)(c2c(C)cc(-c3ccnc4[nH]cc(F)c34)cc2F)[C@@H](C)C1. The molecule has 1 aliphatic heterocycles. The molecule has 0 radical (unpaired) electrons. The molecule has 1 aromatic carbocycles. The Morgan fingerprint density at radius 3 is 2.59 bits per heavy atom. The van der Waals surface area contributed by atoms with Crippen LogP contribution in [0.25, 0.3) is 22.2 Å². The zero-order valence-corrected chi connectivity index (χ0v) is 18.7. The molecule has 3 heterocycles. The van der Waals surface area contributed by atoms with Gasteiger partial charge in [-0.3, -0.25) is 4.79 Å². The van der Waals surface area contributed by atoms with E-state index in [1.807, 2.05) is 13.8 Å². The van der Waals surface area contributed by atoms with Gasteiger partial charge >= 0.3 is 0 Å². The van der Waals surface area contributed by atoms with Crippen LogP contribution < -0.4 is 5.32 Å². The van der Waals surface area contributed by atoms with E-state index < -0.39 is 17.2 Å². The molecule has 170 valence electrons. The van der Waals surface area contributed by atoms with Crippen molar-refractivity contribution in [2.24, 2.45) is 11.8 Å². The van der Waals surface area contributed by atoms with E-state index in [9.17, 15) is 14.3 Å². The lowest BCUT2D eigenvalue weighted by Crippen LogP contribution is -2.57. The first-order chi connectivity index (χ1) is 15.2. The molecule has 1 unspecified atom stereocenters. The first-order valence-corrected chi connectivity index (χ1v) is 10.8. The van der Waals surface area contributed by atoms with Crippen LogP contribution in [0.5, 0.6) is 0 Å². The molecule has 6 nitrogen and oxygen atoms in total. The fourth-order valence-corrected chi connectivity index (χ4v) is 5.12. The number of halogens is 2. The highest BCUT2D eigenvalue weighted by atomic mass is 19.1. The number of aryl methyl sites for hydroxylation is 1. The molecule has 4 rings (SSSR count). The third kappa shape index (κ3) is 3.47. The highest BCUT2D eigenvalue weighted by molar-refractivity contribution is 5.93. The van der Waals surface area contributed by atoms with Crippen molar-refractivity contribution in [3.05, 3.63) is 53.4 Å². The summed E-state index contributed by atoms with van der Waals surface area (Å²) in [6, 6.07) is 4.77. The lowest BCUT2D eigenvalue weighted by molar-refractivity contribution is -0.148. The van der Waals surface area contributed by atoms with E-state index in [0.29, 0.717) is 40.8 Å². The Labute approximate surface area is 185 Å². The number of aromatic nitrogens is 2. The highest BCUT2D eigenvalue weighted by Crippen LogP contribution is 2.45. The maximum atomic E-state index is 15.6. The number of carbonyl (C=O) groups is 1. The van der Waals surface area contributed by atoms with Crippen LogP contribution in [-0.4, -0.2) is 52.6 Å². The predicted octanol–water partition coefficient (Wildman–Crippen LogP) is 3.34. The van der Waals surface area contributed by atoms with Gasteiger partial charge in [-0.05, 0) is 42.8 Å². The first kappa shape index (κ1) is 22.4. The minimum atomic E-state index is -1.43. The molecule has 3 N–H and O–H groups in total. The van der Waals surface area contributed by atoms with Crippen molar-refractivity contribution in [3.63, 3.8) is 0 Å².